The van der Waals surface area contributed by atoms with Crippen LogP contribution in [0, 0.1) is 0 Å². The molecular formula is C10H13NO2S. The van der Waals surface area contributed by atoms with Gasteiger partial charge in [0.1, 0.15) is 0 Å². The quantitative estimate of drug-likeness (QED) is 0.742. The summed E-state index contributed by atoms with van der Waals surface area (Å²) >= 11 is 0. The lowest BCUT2D eigenvalue weighted by molar-refractivity contribution is 0.571. The molecule has 2 rings (SSSR count). The first-order valence-electron chi connectivity index (χ1n) is 4.52. The zero-order chi connectivity index (χ0) is 10.3. The van der Waals surface area contributed by atoms with Crippen LogP contribution in [0.1, 0.15) is 17.2 Å². The first-order valence-corrected chi connectivity index (χ1v) is 6.48. The van der Waals surface area contributed by atoms with Crippen LogP contribution in [-0.2, 0) is 16.3 Å². The van der Waals surface area contributed by atoms with Crippen molar-refractivity contribution in [2.24, 2.45) is 5.73 Å². The molecule has 0 amide bonds. The summed E-state index contributed by atoms with van der Waals surface area (Å²) in [6, 6.07) is 7.30. The maximum atomic E-state index is 11.4. The Morgan fingerprint density at radius 1 is 1.36 bits per heavy atom. The maximum Gasteiger partial charge on any atom is 0.152 e. The van der Waals surface area contributed by atoms with Crippen molar-refractivity contribution in [3.63, 3.8) is 0 Å². The molecular weight excluding hydrogens is 198 g/mol. The molecule has 2 atom stereocenters. The molecule has 1 aromatic carbocycles. The van der Waals surface area contributed by atoms with Gasteiger partial charge in [-0.25, -0.2) is 8.42 Å². The molecule has 14 heavy (non-hydrogen) atoms. The number of fused-ring (bicyclic) bond motifs is 1. The minimum Gasteiger partial charge on any atom is -0.323 e. The largest absolute Gasteiger partial charge is 0.323 e. The molecule has 0 heterocycles. The lowest BCUT2D eigenvalue weighted by Crippen LogP contribution is -2.29. The number of rotatable bonds is 1. The van der Waals surface area contributed by atoms with Gasteiger partial charge in [0, 0.05) is 12.3 Å². The Hall–Kier alpha value is -0.870. The van der Waals surface area contributed by atoms with Gasteiger partial charge >= 0.3 is 0 Å². The van der Waals surface area contributed by atoms with Crippen molar-refractivity contribution in [1.29, 1.82) is 0 Å². The molecule has 76 valence electrons. The van der Waals surface area contributed by atoms with Gasteiger partial charge in [-0.2, -0.15) is 0 Å². The first kappa shape index (κ1) is 9.68. The average Bonchev–Trinajstić information content (AvgIpc) is 2.44. The van der Waals surface area contributed by atoms with E-state index in [1.165, 1.54) is 6.26 Å². The molecule has 0 aromatic heterocycles. The summed E-state index contributed by atoms with van der Waals surface area (Å²) in [5.41, 5.74) is 7.94. The van der Waals surface area contributed by atoms with Crippen LogP contribution in [-0.4, -0.2) is 19.9 Å². The Labute approximate surface area is 83.9 Å². The molecule has 4 heteroatoms. The highest BCUT2D eigenvalue weighted by molar-refractivity contribution is 7.91. The second-order valence-electron chi connectivity index (χ2n) is 3.80. The minimum absolute atomic E-state index is 0.360. The fourth-order valence-corrected chi connectivity index (χ4v) is 3.17. The second-order valence-corrected chi connectivity index (χ2v) is 6.06. The van der Waals surface area contributed by atoms with E-state index >= 15 is 0 Å². The Morgan fingerprint density at radius 2 is 2.00 bits per heavy atom. The van der Waals surface area contributed by atoms with Gasteiger partial charge in [0.2, 0.25) is 0 Å². The van der Waals surface area contributed by atoms with Gasteiger partial charge in [0.05, 0.1) is 5.25 Å². The maximum absolute atomic E-state index is 11.4. The van der Waals surface area contributed by atoms with Crippen LogP contribution in [0.15, 0.2) is 24.3 Å². The highest BCUT2D eigenvalue weighted by Crippen LogP contribution is 2.32. The third-order valence-corrected chi connectivity index (χ3v) is 4.35. The second kappa shape index (κ2) is 3.07. The standard InChI is InChI=1S/C10H13NO2S/c1-14(12,13)9-6-7-4-2-3-5-8(7)10(9)11/h2-5,9-10H,6,11H2,1H3. The third-order valence-electron chi connectivity index (χ3n) is 2.79. The molecule has 2 N–H and O–H groups in total. The van der Waals surface area contributed by atoms with Crippen LogP contribution < -0.4 is 5.73 Å². The van der Waals surface area contributed by atoms with Gasteiger partial charge < -0.3 is 5.73 Å². The Bertz CT molecular complexity index is 453. The molecule has 1 aliphatic rings. The monoisotopic (exact) mass is 211 g/mol. The molecule has 0 bridgehead atoms. The van der Waals surface area contributed by atoms with Crippen LogP contribution in [0.4, 0.5) is 0 Å². The summed E-state index contributed by atoms with van der Waals surface area (Å²) < 4.78 is 22.9. The first-order chi connectivity index (χ1) is 6.50. The van der Waals surface area contributed by atoms with Crippen LogP contribution in [0.3, 0.4) is 0 Å². The molecule has 2 unspecified atom stereocenters. The summed E-state index contributed by atoms with van der Waals surface area (Å²) in [5, 5.41) is -0.445. The van der Waals surface area contributed by atoms with E-state index in [1.54, 1.807) is 0 Å². The van der Waals surface area contributed by atoms with Gasteiger partial charge in [0.15, 0.2) is 9.84 Å². The van der Waals surface area contributed by atoms with Gasteiger partial charge in [-0.05, 0) is 17.5 Å². The Morgan fingerprint density at radius 3 is 2.57 bits per heavy atom. The summed E-state index contributed by atoms with van der Waals surface area (Å²) in [6.07, 6.45) is 1.81. The van der Waals surface area contributed by atoms with Crippen LogP contribution in [0.25, 0.3) is 0 Å². The van der Waals surface area contributed by atoms with Crippen molar-refractivity contribution in [3.05, 3.63) is 35.4 Å². The molecule has 1 aliphatic carbocycles. The SMILES string of the molecule is CS(=O)(=O)C1Cc2ccccc2C1N. The number of nitrogens with two attached hydrogens (primary N) is 1. The fraction of sp³-hybridized carbons (Fsp3) is 0.400. The van der Waals surface area contributed by atoms with E-state index in [9.17, 15) is 8.42 Å². The lowest BCUT2D eigenvalue weighted by atomic mass is 10.1. The summed E-state index contributed by atoms with van der Waals surface area (Å²) in [4.78, 5) is 0. The Balaban J connectivity index is 2.44. The summed E-state index contributed by atoms with van der Waals surface area (Å²) in [6.45, 7) is 0. The topological polar surface area (TPSA) is 60.2 Å². The predicted octanol–water partition coefficient (Wildman–Crippen LogP) is 0.656. The molecule has 3 nitrogen and oxygen atoms in total. The third kappa shape index (κ3) is 1.44. The van der Waals surface area contributed by atoms with Crippen molar-refractivity contribution >= 4 is 9.84 Å². The van der Waals surface area contributed by atoms with E-state index in [2.05, 4.69) is 0 Å². The zero-order valence-electron chi connectivity index (χ0n) is 7.97. The molecule has 0 aliphatic heterocycles. The zero-order valence-corrected chi connectivity index (χ0v) is 8.79. The summed E-state index contributed by atoms with van der Waals surface area (Å²) in [5.74, 6) is 0. The highest BCUT2D eigenvalue weighted by atomic mass is 32.2. The van der Waals surface area contributed by atoms with E-state index < -0.39 is 15.1 Å². The fourth-order valence-electron chi connectivity index (χ4n) is 2.01. The van der Waals surface area contributed by atoms with Crippen LogP contribution in [0.2, 0.25) is 0 Å². The molecule has 1 aromatic rings. The lowest BCUT2D eigenvalue weighted by Gasteiger charge is -2.13. The normalized spacial score (nSPS) is 26.1. The number of hydrogen-bond acceptors (Lipinski definition) is 3. The van der Waals surface area contributed by atoms with Crippen molar-refractivity contribution in [3.8, 4) is 0 Å². The van der Waals surface area contributed by atoms with Gasteiger partial charge in [0.25, 0.3) is 0 Å². The van der Waals surface area contributed by atoms with Crippen LogP contribution >= 0.6 is 0 Å². The van der Waals surface area contributed by atoms with Crippen molar-refractivity contribution in [1.82, 2.24) is 0 Å². The smallest absolute Gasteiger partial charge is 0.152 e. The number of hydrogen-bond donors (Lipinski definition) is 1. The number of benzene rings is 1. The van der Waals surface area contributed by atoms with E-state index in [0.717, 1.165) is 11.1 Å². The van der Waals surface area contributed by atoms with Crippen molar-refractivity contribution in [2.45, 2.75) is 17.7 Å². The molecule has 0 radical (unpaired) electrons. The molecule has 0 saturated carbocycles. The highest BCUT2D eigenvalue weighted by Gasteiger charge is 2.35. The van der Waals surface area contributed by atoms with Crippen LogP contribution in [0.5, 0.6) is 0 Å². The average molecular weight is 211 g/mol. The molecule has 0 fully saturated rings. The van der Waals surface area contributed by atoms with Gasteiger partial charge in [-0.3, -0.25) is 0 Å². The predicted molar refractivity (Wildman–Crippen MR) is 55.7 cm³/mol. The molecule has 0 saturated heterocycles. The minimum atomic E-state index is -3.04. The van der Waals surface area contributed by atoms with E-state index in [4.69, 9.17) is 5.73 Å². The van der Waals surface area contributed by atoms with E-state index in [-0.39, 0.29) is 6.04 Å². The van der Waals surface area contributed by atoms with Gasteiger partial charge in [-0.1, -0.05) is 24.3 Å². The Kier molecular flexibility index (Phi) is 2.12. The molecule has 0 spiro atoms. The number of sulfone groups is 1. The van der Waals surface area contributed by atoms with E-state index in [1.807, 2.05) is 24.3 Å². The van der Waals surface area contributed by atoms with Crippen molar-refractivity contribution < 1.29 is 8.42 Å². The van der Waals surface area contributed by atoms with Gasteiger partial charge in [-0.15, -0.1) is 0 Å². The van der Waals surface area contributed by atoms with Crippen molar-refractivity contribution in [2.75, 3.05) is 6.26 Å². The van der Waals surface area contributed by atoms with E-state index in [0.29, 0.717) is 6.42 Å². The summed E-state index contributed by atoms with van der Waals surface area (Å²) in [7, 11) is -3.04.